The van der Waals surface area contributed by atoms with Crippen molar-refractivity contribution < 1.29 is 19.1 Å². The predicted octanol–water partition coefficient (Wildman–Crippen LogP) is 4.98. The topological polar surface area (TPSA) is 63.7 Å². The summed E-state index contributed by atoms with van der Waals surface area (Å²) in [6.07, 6.45) is 2.31. The number of carbonyl (C=O) groups is 3. The molecular weight excluding hydrogens is 402 g/mol. The zero-order valence-corrected chi connectivity index (χ0v) is 17.5. The second-order valence-corrected chi connectivity index (χ2v) is 8.39. The summed E-state index contributed by atoms with van der Waals surface area (Å²) < 4.78 is 5.35. The van der Waals surface area contributed by atoms with E-state index in [1.165, 1.54) is 10.5 Å². The van der Waals surface area contributed by atoms with Crippen LogP contribution in [-0.4, -0.2) is 17.8 Å². The van der Waals surface area contributed by atoms with Crippen LogP contribution in [0.3, 0.4) is 0 Å². The average molecular weight is 425 g/mol. The molecule has 1 aliphatic heterocycles. The van der Waals surface area contributed by atoms with Crippen LogP contribution in [0.25, 0.3) is 0 Å². The molecular formula is C27H23NO4. The molecule has 0 bridgehead atoms. The summed E-state index contributed by atoms with van der Waals surface area (Å²) in [4.78, 5) is 40.0. The van der Waals surface area contributed by atoms with Gasteiger partial charge in [-0.05, 0) is 67.1 Å². The Morgan fingerprint density at radius 3 is 2.06 bits per heavy atom. The number of para-hydroxylation sites is 1. The van der Waals surface area contributed by atoms with Crippen LogP contribution in [-0.2, 0) is 9.59 Å². The molecule has 32 heavy (non-hydrogen) atoms. The quantitative estimate of drug-likeness (QED) is 0.336. The van der Waals surface area contributed by atoms with Gasteiger partial charge in [-0.3, -0.25) is 14.5 Å². The molecule has 160 valence electrons. The lowest BCUT2D eigenvalue weighted by Crippen LogP contribution is -2.30. The van der Waals surface area contributed by atoms with E-state index in [1.807, 2.05) is 24.3 Å². The van der Waals surface area contributed by atoms with Gasteiger partial charge in [-0.25, -0.2) is 4.79 Å². The molecule has 5 heteroatoms. The fourth-order valence-corrected chi connectivity index (χ4v) is 4.86. The largest absolute Gasteiger partial charge is 0.423 e. The van der Waals surface area contributed by atoms with Gasteiger partial charge in [0.05, 0.1) is 23.1 Å². The molecule has 0 unspecified atom stereocenters. The van der Waals surface area contributed by atoms with E-state index in [1.54, 1.807) is 48.5 Å². The van der Waals surface area contributed by atoms with Crippen LogP contribution in [0.15, 0.2) is 84.9 Å². The highest BCUT2D eigenvalue weighted by atomic mass is 16.5. The summed E-state index contributed by atoms with van der Waals surface area (Å²) in [7, 11) is 0. The molecule has 1 saturated heterocycles. The zero-order chi connectivity index (χ0) is 22.1. The Hall–Kier alpha value is -3.73. The maximum Gasteiger partial charge on any atom is 0.343 e. The summed E-state index contributed by atoms with van der Waals surface area (Å²) in [5.41, 5.74) is 2.09. The highest BCUT2D eigenvalue weighted by Crippen LogP contribution is 2.45. The van der Waals surface area contributed by atoms with E-state index in [2.05, 4.69) is 12.1 Å². The van der Waals surface area contributed by atoms with E-state index in [9.17, 15) is 14.4 Å². The summed E-state index contributed by atoms with van der Waals surface area (Å²) in [5.74, 6) is -0.547. The van der Waals surface area contributed by atoms with E-state index >= 15 is 0 Å². The normalized spacial score (nSPS) is 22.5. The van der Waals surface area contributed by atoms with Gasteiger partial charge in [-0.2, -0.15) is 0 Å². The van der Waals surface area contributed by atoms with Gasteiger partial charge in [0, 0.05) is 0 Å². The summed E-state index contributed by atoms with van der Waals surface area (Å²) in [5, 5.41) is 0. The molecule has 0 spiro atoms. The summed E-state index contributed by atoms with van der Waals surface area (Å²) in [6, 6.07) is 25.5. The van der Waals surface area contributed by atoms with Gasteiger partial charge in [0.1, 0.15) is 5.75 Å². The molecule has 0 N–H and O–H groups in total. The number of ether oxygens (including phenoxy) is 1. The molecule has 2 amide bonds. The van der Waals surface area contributed by atoms with Crippen molar-refractivity contribution in [3.8, 4) is 5.75 Å². The fourth-order valence-electron chi connectivity index (χ4n) is 4.86. The number of hydrogen-bond donors (Lipinski definition) is 0. The van der Waals surface area contributed by atoms with Crippen molar-refractivity contribution in [1.29, 1.82) is 0 Å². The van der Waals surface area contributed by atoms with Crippen LogP contribution in [0.2, 0.25) is 0 Å². The smallest absolute Gasteiger partial charge is 0.343 e. The molecule has 5 rings (SSSR count). The van der Waals surface area contributed by atoms with E-state index < -0.39 is 5.97 Å². The van der Waals surface area contributed by atoms with Crippen LogP contribution >= 0.6 is 0 Å². The predicted molar refractivity (Wildman–Crippen MR) is 120 cm³/mol. The van der Waals surface area contributed by atoms with Crippen molar-refractivity contribution in [2.45, 2.75) is 25.2 Å². The number of esters is 1. The van der Waals surface area contributed by atoms with E-state index in [-0.39, 0.29) is 23.7 Å². The molecule has 1 heterocycles. The van der Waals surface area contributed by atoms with Gasteiger partial charge in [-0.15, -0.1) is 0 Å². The Morgan fingerprint density at radius 1 is 0.750 bits per heavy atom. The Morgan fingerprint density at radius 2 is 1.38 bits per heavy atom. The first kappa shape index (κ1) is 20.2. The number of rotatable bonds is 4. The molecule has 2 fully saturated rings. The Bertz CT molecular complexity index is 1140. The molecule has 1 aliphatic carbocycles. The minimum atomic E-state index is -0.485. The van der Waals surface area contributed by atoms with Crippen LogP contribution < -0.4 is 9.64 Å². The van der Waals surface area contributed by atoms with Crippen molar-refractivity contribution in [1.82, 2.24) is 0 Å². The molecule has 3 aromatic carbocycles. The Balaban J connectivity index is 1.31. The number of nitrogens with zero attached hydrogens (tertiary/aromatic N) is 1. The molecule has 0 radical (unpaired) electrons. The van der Waals surface area contributed by atoms with Crippen LogP contribution in [0, 0.1) is 11.8 Å². The molecule has 3 atom stereocenters. The third-order valence-electron chi connectivity index (χ3n) is 6.51. The van der Waals surface area contributed by atoms with Crippen molar-refractivity contribution in [3.05, 3.63) is 96.1 Å². The SMILES string of the molecule is O=C(Oc1ccccc1)c1ccc(N2C(=O)[C@H]3C[C@@H](c4ccccc4)CC[C@H]3C2=O)cc1. The molecule has 2 aliphatic rings. The first-order valence-corrected chi connectivity index (χ1v) is 10.9. The van der Waals surface area contributed by atoms with Gasteiger partial charge in [-0.1, -0.05) is 48.5 Å². The van der Waals surface area contributed by atoms with Crippen molar-refractivity contribution in [3.63, 3.8) is 0 Å². The third kappa shape index (κ3) is 3.71. The van der Waals surface area contributed by atoms with Crippen LogP contribution in [0.4, 0.5) is 5.69 Å². The number of imide groups is 1. The fraction of sp³-hybridized carbons (Fsp3) is 0.222. The molecule has 5 nitrogen and oxygen atoms in total. The Labute approximate surface area is 186 Å². The Kier molecular flexibility index (Phi) is 5.31. The lowest BCUT2D eigenvalue weighted by molar-refractivity contribution is -0.122. The number of amides is 2. The van der Waals surface area contributed by atoms with Crippen molar-refractivity contribution in [2.75, 3.05) is 4.90 Å². The number of fused-ring (bicyclic) bond motifs is 1. The van der Waals surface area contributed by atoms with E-state index in [0.29, 0.717) is 35.8 Å². The second kappa shape index (κ2) is 8.42. The summed E-state index contributed by atoms with van der Waals surface area (Å²) in [6.45, 7) is 0. The monoisotopic (exact) mass is 425 g/mol. The van der Waals surface area contributed by atoms with Gasteiger partial charge in [0.2, 0.25) is 11.8 Å². The zero-order valence-electron chi connectivity index (χ0n) is 17.5. The van der Waals surface area contributed by atoms with Crippen molar-refractivity contribution >= 4 is 23.5 Å². The maximum absolute atomic E-state index is 13.2. The molecule has 0 aromatic heterocycles. The highest BCUT2D eigenvalue weighted by Gasteiger charge is 2.50. The van der Waals surface area contributed by atoms with Crippen LogP contribution in [0.1, 0.15) is 41.1 Å². The highest BCUT2D eigenvalue weighted by molar-refractivity contribution is 6.22. The first-order valence-electron chi connectivity index (χ1n) is 10.9. The molecule has 1 saturated carbocycles. The lowest BCUT2D eigenvalue weighted by Gasteiger charge is -2.28. The first-order chi connectivity index (χ1) is 15.6. The van der Waals surface area contributed by atoms with Crippen molar-refractivity contribution in [2.24, 2.45) is 11.8 Å². The van der Waals surface area contributed by atoms with E-state index in [4.69, 9.17) is 4.74 Å². The lowest BCUT2D eigenvalue weighted by atomic mass is 9.73. The van der Waals surface area contributed by atoms with Gasteiger partial charge >= 0.3 is 5.97 Å². The number of hydrogen-bond acceptors (Lipinski definition) is 4. The molecule has 3 aromatic rings. The number of benzene rings is 3. The van der Waals surface area contributed by atoms with Gasteiger partial charge in [0.25, 0.3) is 0 Å². The number of carbonyl (C=O) groups excluding carboxylic acids is 3. The average Bonchev–Trinajstić information content (AvgIpc) is 3.09. The minimum absolute atomic E-state index is 0.133. The summed E-state index contributed by atoms with van der Waals surface area (Å²) >= 11 is 0. The standard InChI is InChI=1S/C27H23NO4/c29-25-23-16-13-20(18-7-3-1-4-8-18)17-24(23)26(30)28(25)21-14-11-19(12-15-21)27(31)32-22-9-5-2-6-10-22/h1-12,14-15,20,23-24H,13,16-17H2/t20-,23+,24-/m0/s1. The van der Waals surface area contributed by atoms with Gasteiger partial charge < -0.3 is 4.74 Å². The second-order valence-electron chi connectivity index (χ2n) is 8.39. The maximum atomic E-state index is 13.2. The minimum Gasteiger partial charge on any atom is -0.423 e. The van der Waals surface area contributed by atoms with Crippen LogP contribution in [0.5, 0.6) is 5.75 Å². The van der Waals surface area contributed by atoms with Gasteiger partial charge in [0.15, 0.2) is 0 Å². The van der Waals surface area contributed by atoms with E-state index in [0.717, 1.165) is 6.42 Å². The number of anilines is 1. The third-order valence-corrected chi connectivity index (χ3v) is 6.51.